The third-order valence-electron chi connectivity index (χ3n) is 1.87. The van der Waals surface area contributed by atoms with Gasteiger partial charge in [0.1, 0.15) is 5.69 Å². The Balaban J connectivity index is 2.23. The molecule has 3 heteroatoms. The number of thiophene rings is 1. The van der Waals surface area contributed by atoms with E-state index in [-0.39, 0.29) is 0 Å². The van der Waals surface area contributed by atoms with Crippen molar-refractivity contribution in [1.29, 1.82) is 0 Å². The lowest BCUT2D eigenvalue weighted by Crippen LogP contribution is -1.96. The van der Waals surface area contributed by atoms with Crippen LogP contribution in [0.4, 0.5) is 0 Å². The number of hydrogen-bond donors (Lipinski definition) is 0. The van der Waals surface area contributed by atoms with Gasteiger partial charge in [-0.25, -0.2) is 0 Å². The van der Waals surface area contributed by atoms with Crippen molar-refractivity contribution in [2.24, 2.45) is 0 Å². The smallest absolute Gasteiger partial charge is 0.102 e. The first-order valence-electron chi connectivity index (χ1n) is 4.47. The van der Waals surface area contributed by atoms with Crippen LogP contribution >= 0.6 is 11.3 Å². The molecular formula is C10H12N2S. The van der Waals surface area contributed by atoms with Gasteiger partial charge in [-0.15, -0.1) is 11.3 Å². The molecule has 0 saturated heterocycles. The first kappa shape index (κ1) is 8.51. The van der Waals surface area contributed by atoms with Gasteiger partial charge >= 0.3 is 0 Å². The van der Waals surface area contributed by atoms with Gasteiger partial charge in [0.25, 0.3) is 0 Å². The highest BCUT2D eigenvalue weighted by Gasteiger charge is 2.01. The Morgan fingerprint density at radius 2 is 2.38 bits per heavy atom. The standard InChI is InChI=1S/C10H12N2S/c1-2-6-12-7-5-9(11-12)10-4-3-8-13-10/h3-5,7-8H,2,6H2,1H3. The SMILES string of the molecule is CCCn1ccc(-c2cccs2)n1. The van der Waals surface area contributed by atoms with Crippen LogP contribution < -0.4 is 0 Å². The Bertz CT molecular complexity index is 362. The summed E-state index contributed by atoms with van der Waals surface area (Å²) in [6.07, 6.45) is 3.17. The number of nitrogens with zero attached hydrogens (tertiary/aromatic N) is 2. The van der Waals surface area contributed by atoms with Gasteiger partial charge in [-0.05, 0) is 23.9 Å². The minimum Gasteiger partial charge on any atom is -0.272 e. The summed E-state index contributed by atoms with van der Waals surface area (Å²) < 4.78 is 2.00. The van der Waals surface area contributed by atoms with Crippen LogP contribution in [0.1, 0.15) is 13.3 Å². The molecule has 13 heavy (non-hydrogen) atoms. The molecule has 2 heterocycles. The summed E-state index contributed by atoms with van der Waals surface area (Å²) in [5, 5.41) is 6.55. The highest BCUT2D eigenvalue weighted by molar-refractivity contribution is 7.13. The van der Waals surface area contributed by atoms with Crippen LogP contribution in [0.2, 0.25) is 0 Å². The maximum atomic E-state index is 4.47. The molecule has 2 rings (SSSR count). The maximum absolute atomic E-state index is 4.47. The summed E-state index contributed by atoms with van der Waals surface area (Å²) in [5.41, 5.74) is 1.09. The minimum atomic E-state index is 1.01. The summed E-state index contributed by atoms with van der Waals surface area (Å²) in [6.45, 7) is 3.16. The Morgan fingerprint density at radius 3 is 3.08 bits per heavy atom. The lowest BCUT2D eigenvalue weighted by atomic mass is 10.3. The molecule has 0 aliphatic carbocycles. The molecule has 0 fully saturated rings. The average Bonchev–Trinajstić information content (AvgIpc) is 2.70. The zero-order valence-electron chi connectivity index (χ0n) is 7.60. The van der Waals surface area contributed by atoms with Gasteiger partial charge in [-0.2, -0.15) is 5.10 Å². The molecule has 2 aromatic heterocycles. The van der Waals surface area contributed by atoms with E-state index in [2.05, 4.69) is 35.6 Å². The predicted octanol–water partition coefficient (Wildman–Crippen LogP) is 3.02. The highest BCUT2D eigenvalue weighted by atomic mass is 32.1. The second-order valence-corrected chi connectivity index (χ2v) is 3.89. The first-order valence-corrected chi connectivity index (χ1v) is 5.35. The number of rotatable bonds is 3. The van der Waals surface area contributed by atoms with Crippen LogP contribution in [0.15, 0.2) is 29.8 Å². The molecule has 0 radical (unpaired) electrons. The maximum Gasteiger partial charge on any atom is 0.102 e. The molecule has 0 aromatic carbocycles. The Morgan fingerprint density at radius 1 is 1.46 bits per heavy atom. The van der Waals surface area contributed by atoms with Gasteiger partial charge in [0.15, 0.2) is 0 Å². The van der Waals surface area contributed by atoms with Crippen molar-refractivity contribution in [2.75, 3.05) is 0 Å². The lowest BCUT2D eigenvalue weighted by Gasteiger charge is -1.95. The molecule has 2 aromatic rings. The van der Waals surface area contributed by atoms with E-state index in [4.69, 9.17) is 0 Å². The van der Waals surface area contributed by atoms with E-state index >= 15 is 0 Å². The van der Waals surface area contributed by atoms with Gasteiger partial charge in [-0.1, -0.05) is 13.0 Å². The van der Waals surface area contributed by atoms with E-state index in [0.29, 0.717) is 0 Å². The van der Waals surface area contributed by atoms with Crippen molar-refractivity contribution < 1.29 is 0 Å². The van der Waals surface area contributed by atoms with Gasteiger partial charge in [0, 0.05) is 12.7 Å². The number of aromatic nitrogens is 2. The van der Waals surface area contributed by atoms with Crippen molar-refractivity contribution in [3.05, 3.63) is 29.8 Å². The van der Waals surface area contributed by atoms with E-state index < -0.39 is 0 Å². The Kier molecular flexibility index (Phi) is 2.45. The van der Waals surface area contributed by atoms with Gasteiger partial charge in [0.05, 0.1) is 4.88 Å². The molecular weight excluding hydrogens is 180 g/mol. The second-order valence-electron chi connectivity index (χ2n) is 2.94. The van der Waals surface area contributed by atoms with E-state index in [1.807, 2.05) is 10.9 Å². The van der Waals surface area contributed by atoms with Crippen molar-refractivity contribution in [2.45, 2.75) is 19.9 Å². The molecule has 0 spiro atoms. The van der Waals surface area contributed by atoms with Gasteiger partial charge in [-0.3, -0.25) is 4.68 Å². The summed E-state index contributed by atoms with van der Waals surface area (Å²) in [4.78, 5) is 1.25. The summed E-state index contributed by atoms with van der Waals surface area (Å²) in [6, 6.07) is 6.23. The molecule has 0 bridgehead atoms. The van der Waals surface area contributed by atoms with Crippen molar-refractivity contribution in [3.8, 4) is 10.6 Å². The Labute approximate surface area is 81.8 Å². The van der Waals surface area contributed by atoms with Crippen LogP contribution in [-0.4, -0.2) is 9.78 Å². The van der Waals surface area contributed by atoms with Crippen molar-refractivity contribution in [1.82, 2.24) is 9.78 Å². The normalized spacial score (nSPS) is 10.5. The Hall–Kier alpha value is -1.09. The third kappa shape index (κ3) is 1.80. The quantitative estimate of drug-likeness (QED) is 0.731. The predicted molar refractivity (Wildman–Crippen MR) is 55.8 cm³/mol. The van der Waals surface area contributed by atoms with Gasteiger partial charge < -0.3 is 0 Å². The fourth-order valence-electron chi connectivity index (χ4n) is 1.27. The van der Waals surface area contributed by atoms with E-state index in [9.17, 15) is 0 Å². The lowest BCUT2D eigenvalue weighted by molar-refractivity contribution is 0.604. The molecule has 68 valence electrons. The van der Waals surface area contributed by atoms with Gasteiger partial charge in [0.2, 0.25) is 0 Å². The third-order valence-corrected chi connectivity index (χ3v) is 2.76. The van der Waals surface area contributed by atoms with Crippen LogP contribution in [0, 0.1) is 0 Å². The van der Waals surface area contributed by atoms with Crippen LogP contribution in [0.25, 0.3) is 10.6 Å². The zero-order valence-corrected chi connectivity index (χ0v) is 8.42. The molecule has 0 aliphatic heterocycles. The highest BCUT2D eigenvalue weighted by Crippen LogP contribution is 2.22. The number of hydrogen-bond acceptors (Lipinski definition) is 2. The molecule has 0 atom stereocenters. The molecule has 0 aliphatic rings. The van der Waals surface area contributed by atoms with Crippen LogP contribution in [0.5, 0.6) is 0 Å². The minimum absolute atomic E-state index is 1.01. The van der Waals surface area contributed by atoms with Crippen molar-refractivity contribution in [3.63, 3.8) is 0 Å². The molecule has 0 amide bonds. The second kappa shape index (κ2) is 3.75. The number of aryl methyl sites for hydroxylation is 1. The topological polar surface area (TPSA) is 17.8 Å². The van der Waals surface area contributed by atoms with Crippen LogP contribution in [0.3, 0.4) is 0 Å². The first-order chi connectivity index (χ1) is 6.40. The van der Waals surface area contributed by atoms with Crippen LogP contribution in [-0.2, 0) is 6.54 Å². The molecule has 0 N–H and O–H groups in total. The summed E-state index contributed by atoms with van der Waals surface area (Å²) >= 11 is 1.73. The van der Waals surface area contributed by atoms with E-state index in [1.165, 1.54) is 4.88 Å². The summed E-state index contributed by atoms with van der Waals surface area (Å²) in [7, 11) is 0. The molecule has 2 nitrogen and oxygen atoms in total. The fraction of sp³-hybridized carbons (Fsp3) is 0.300. The fourth-order valence-corrected chi connectivity index (χ4v) is 1.96. The largest absolute Gasteiger partial charge is 0.272 e. The van der Waals surface area contributed by atoms with E-state index in [0.717, 1.165) is 18.7 Å². The van der Waals surface area contributed by atoms with Crippen molar-refractivity contribution >= 4 is 11.3 Å². The molecule has 0 saturated carbocycles. The summed E-state index contributed by atoms with van der Waals surface area (Å²) in [5.74, 6) is 0. The zero-order chi connectivity index (χ0) is 9.10. The monoisotopic (exact) mass is 192 g/mol. The average molecular weight is 192 g/mol. The molecule has 0 unspecified atom stereocenters. The van der Waals surface area contributed by atoms with E-state index in [1.54, 1.807) is 11.3 Å².